The topological polar surface area (TPSA) is 0 Å². The lowest BCUT2D eigenvalue weighted by Gasteiger charge is -2.62. The molecule has 0 aromatic heterocycles. The van der Waals surface area contributed by atoms with Crippen molar-refractivity contribution in [3.63, 3.8) is 0 Å². The maximum Gasteiger partial charge on any atom is -0.0264 e. The molecule has 0 aliphatic heterocycles. The van der Waals surface area contributed by atoms with E-state index in [-0.39, 0.29) is 0 Å². The minimum absolute atomic E-state index is 0.605. The number of hydrogen-bond acceptors (Lipinski definition) is 0. The first kappa shape index (κ1) is 22.9. The third-order valence-corrected chi connectivity index (χ3v) is 11.3. The molecule has 0 spiro atoms. The SMILES string of the molecule is C=CCC1[CH]CC[C@@]2(C)C1CC[C@H]1[C@@H]3CC[C@H]([C@H](C)CCCC(C)C)[C@@]3(C)CC[C@@H]12. The summed E-state index contributed by atoms with van der Waals surface area (Å²) < 4.78 is 0. The molecule has 2 unspecified atom stereocenters. The van der Waals surface area contributed by atoms with Crippen molar-refractivity contribution in [1.82, 2.24) is 0 Å². The lowest BCUT2D eigenvalue weighted by molar-refractivity contribution is -0.121. The fraction of sp³-hybridized carbons (Fsp3) is 0.900. The van der Waals surface area contributed by atoms with Crippen LogP contribution in [0.3, 0.4) is 0 Å². The maximum atomic E-state index is 4.08. The van der Waals surface area contributed by atoms with Crippen LogP contribution in [-0.2, 0) is 0 Å². The minimum Gasteiger partial charge on any atom is -0.103 e. The molecule has 4 rings (SSSR count). The number of fused-ring (bicyclic) bond motifs is 5. The van der Waals surface area contributed by atoms with Crippen LogP contribution in [0.5, 0.6) is 0 Å². The molecule has 9 atom stereocenters. The molecule has 0 saturated heterocycles. The molecule has 30 heavy (non-hydrogen) atoms. The Kier molecular flexibility index (Phi) is 6.83. The van der Waals surface area contributed by atoms with E-state index >= 15 is 0 Å². The zero-order valence-electron chi connectivity index (χ0n) is 21.0. The van der Waals surface area contributed by atoms with E-state index in [0.29, 0.717) is 10.8 Å². The van der Waals surface area contributed by atoms with Crippen LogP contribution in [0.1, 0.15) is 112 Å². The average Bonchev–Trinajstić information content (AvgIpc) is 3.05. The Morgan fingerprint density at radius 1 is 0.900 bits per heavy atom. The Bertz CT molecular complexity index is 589. The van der Waals surface area contributed by atoms with Crippen LogP contribution in [0.25, 0.3) is 0 Å². The third-order valence-electron chi connectivity index (χ3n) is 11.3. The van der Waals surface area contributed by atoms with Crippen LogP contribution < -0.4 is 0 Å². The fourth-order valence-electron chi connectivity index (χ4n) is 9.81. The van der Waals surface area contributed by atoms with E-state index in [9.17, 15) is 0 Å². The van der Waals surface area contributed by atoms with Crippen molar-refractivity contribution in [3.8, 4) is 0 Å². The highest BCUT2D eigenvalue weighted by molar-refractivity contribution is 5.12. The standard InChI is InChI=1S/C30H51/c1-7-10-23-13-9-19-29(5)26(23)15-14-24-27-17-16-25(22(4)12-8-11-21(2)3)30(27,6)20-18-28(24)29/h7,13,21-28H,1,8-12,14-20H2,2-6H3/t22-,23?,24+,25-,26?,27+,28+,29+,30-/m1/s1. The van der Waals surface area contributed by atoms with Gasteiger partial charge < -0.3 is 0 Å². The molecular formula is C30H51. The first-order valence-electron chi connectivity index (χ1n) is 13.8. The smallest absolute Gasteiger partial charge is 0.0264 e. The fourth-order valence-corrected chi connectivity index (χ4v) is 9.81. The second-order valence-corrected chi connectivity index (χ2v) is 13.1. The highest BCUT2D eigenvalue weighted by Crippen LogP contribution is 2.69. The first-order chi connectivity index (χ1) is 14.3. The molecule has 4 aliphatic rings. The van der Waals surface area contributed by atoms with Gasteiger partial charge in [-0.15, -0.1) is 6.58 Å². The third kappa shape index (κ3) is 3.85. The first-order valence-corrected chi connectivity index (χ1v) is 13.8. The Hall–Kier alpha value is -0.260. The van der Waals surface area contributed by atoms with Crippen molar-refractivity contribution in [1.29, 1.82) is 0 Å². The Balaban J connectivity index is 1.47. The van der Waals surface area contributed by atoms with Gasteiger partial charge in [-0.05, 0) is 122 Å². The second kappa shape index (κ2) is 8.94. The molecule has 0 N–H and O–H groups in total. The lowest BCUT2D eigenvalue weighted by atomic mass is 9.43. The van der Waals surface area contributed by atoms with Gasteiger partial charge in [0, 0.05) is 0 Å². The van der Waals surface area contributed by atoms with Crippen molar-refractivity contribution in [2.75, 3.05) is 0 Å². The monoisotopic (exact) mass is 411 g/mol. The molecule has 4 aliphatic carbocycles. The second-order valence-electron chi connectivity index (χ2n) is 13.1. The van der Waals surface area contributed by atoms with Crippen LogP contribution >= 0.6 is 0 Å². The zero-order valence-corrected chi connectivity index (χ0v) is 21.0. The minimum atomic E-state index is 0.605. The molecule has 0 amide bonds. The van der Waals surface area contributed by atoms with Gasteiger partial charge in [-0.3, -0.25) is 0 Å². The van der Waals surface area contributed by atoms with E-state index < -0.39 is 0 Å². The Morgan fingerprint density at radius 2 is 1.63 bits per heavy atom. The van der Waals surface area contributed by atoms with E-state index in [0.717, 1.165) is 47.3 Å². The van der Waals surface area contributed by atoms with Crippen molar-refractivity contribution >= 4 is 0 Å². The average molecular weight is 412 g/mol. The molecule has 0 bridgehead atoms. The quantitative estimate of drug-likeness (QED) is 0.366. The maximum absolute atomic E-state index is 4.08. The van der Waals surface area contributed by atoms with Crippen molar-refractivity contribution in [3.05, 3.63) is 19.1 Å². The van der Waals surface area contributed by atoms with Crippen molar-refractivity contribution < 1.29 is 0 Å². The number of allylic oxidation sites excluding steroid dienone is 1. The van der Waals surface area contributed by atoms with Crippen LogP contribution in [0.15, 0.2) is 12.7 Å². The van der Waals surface area contributed by atoms with E-state index in [1.54, 1.807) is 6.42 Å². The van der Waals surface area contributed by atoms with E-state index in [4.69, 9.17) is 0 Å². The van der Waals surface area contributed by atoms with Gasteiger partial charge in [0.05, 0.1) is 0 Å². The van der Waals surface area contributed by atoms with Gasteiger partial charge in [-0.1, -0.05) is 60.0 Å². The molecule has 0 heterocycles. The summed E-state index contributed by atoms with van der Waals surface area (Å²) in [6.45, 7) is 16.9. The molecule has 0 aromatic carbocycles. The van der Waals surface area contributed by atoms with Gasteiger partial charge in [-0.25, -0.2) is 0 Å². The van der Waals surface area contributed by atoms with Gasteiger partial charge in [0.25, 0.3) is 0 Å². The van der Waals surface area contributed by atoms with Gasteiger partial charge >= 0.3 is 0 Å². The molecule has 0 aromatic rings. The summed E-state index contributed by atoms with van der Waals surface area (Å²) in [5.41, 5.74) is 1.25. The Labute approximate surface area is 189 Å². The molecule has 1 radical (unpaired) electrons. The predicted octanol–water partition coefficient (Wildman–Crippen LogP) is 9.11. The molecule has 4 saturated carbocycles. The van der Waals surface area contributed by atoms with Crippen LogP contribution in [0.4, 0.5) is 0 Å². The van der Waals surface area contributed by atoms with Crippen LogP contribution in [0, 0.1) is 64.6 Å². The lowest BCUT2D eigenvalue weighted by Crippen LogP contribution is -2.54. The molecular weight excluding hydrogens is 360 g/mol. The predicted molar refractivity (Wildman–Crippen MR) is 131 cm³/mol. The van der Waals surface area contributed by atoms with Gasteiger partial charge in [0.15, 0.2) is 0 Å². The summed E-state index contributed by atoms with van der Waals surface area (Å²) in [5, 5.41) is 0. The van der Waals surface area contributed by atoms with Crippen LogP contribution in [0.2, 0.25) is 0 Å². The summed E-state index contributed by atoms with van der Waals surface area (Å²) in [6, 6.07) is 0. The highest BCUT2D eigenvalue weighted by atomic mass is 14.7. The van der Waals surface area contributed by atoms with E-state index in [1.165, 1.54) is 70.6 Å². The van der Waals surface area contributed by atoms with Gasteiger partial charge in [-0.2, -0.15) is 0 Å². The Morgan fingerprint density at radius 3 is 2.37 bits per heavy atom. The highest BCUT2D eigenvalue weighted by Gasteiger charge is 2.60. The number of hydrogen-bond donors (Lipinski definition) is 0. The summed E-state index contributed by atoms with van der Waals surface area (Å²) in [5.74, 6) is 7.60. The number of rotatable bonds is 7. The molecule has 0 heteroatoms. The molecule has 171 valence electrons. The zero-order chi connectivity index (χ0) is 21.5. The summed E-state index contributed by atoms with van der Waals surface area (Å²) >= 11 is 0. The van der Waals surface area contributed by atoms with Gasteiger partial charge in [0.2, 0.25) is 0 Å². The summed E-state index contributed by atoms with van der Waals surface area (Å²) in [6.07, 6.45) is 22.4. The molecule has 0 nitrogen and oxygen atoms in total. The van der Waals surface area contributed by atoms with Gasteiger partial charge in [0.1, 0.15) is 0 Å². The van der Waals surface area contributed by atoms with E-state index in [2.05, 4.69) is 53.7 Å². The normalized spacial score (nSPS) is 46.7. The molecule has 4 fully saturated rings. The summed E-state index contributed by atoms with van der Waals surface area (Å²) in [7, 11) is 0. The van der Waals surface area contributed by atoms with Crippen molar-refractivity contribution in [2.24, 2.45) is 58.2 Å². The van der Waals surface area contributed by atoms with Crippen molar-refractivity contribution in [2.45, 2.75) is 112 Å². The van der Waals surface area contributed by atoms with Crippen LogP contribution in [-0.4, -0.2) is 0 Å². The van der Waals surface area contributed by atoms with E-state index in [1.807, 2.05) is 0 Å². The summed E-state index contributed by atoms with van der Waals surface area (Å²) in [4.78, 5) is 0. The largest absolute Gasteiger partial charge is 0.103 e.